The largest absolute Gasteiger partial charge is 0.494 e. The number of methoxy groups -OCH3 is 1. The summed E-state index contributed by atoms with van der Waals surface area (Å²) in [6, 6.07) is 7.49. The van der Waals surface area contributed by atoms with Gasteiger partial charge >= 0.3 is 5.97 Å². The van der Waals surface area contributed by atoms with Crippen LogP contribution in [0.25, 0.3) is 0 Å². The molecule has 0 bridgehead atoms. The maximum Gasteiger partial charge on any atom is 0.305 e. The van der Waals surface area contributed by atoms with Gasteiger partial charge in [0.2, 0.25) is 5.91 Å². The van der Waals surface area contributed by atoms with Crippen LogP contribution in [-0.4, -0.2) is 39.2 Å². The van der Waals surface area contributed by atoms with Crippen LogP contribution in [0, 0.1) is 0 Å². The SMILES string of the molecule is CNCC(=O)NCc1ccc(OCCCC(=O)OC)cc1. The van der Waals surface area contributed by atoms with Gasteiger partial charge in [-0.05, 0) is 31.2 Å². The molecule has 0 saturated carbocycles. The minimum Gasteiger partial charge on any atom is -0.494 e. The van der Waals surface area contributed by atoms with Crippen molar-refractivity contribution in [1.82, 2.24) is 10.6 Å². The molecule has 1 aromatic rings. The molecule has 0 atom stereocenters. The summed E-state index contributed by atoms with van der Waals surface area (Å²) < 4.78 is 10.1. The summed E-state index contributed by atoms with van der Waals surface area (Å²) >= 11 is 0. The predicted molar refractivity (Wildman–Crippen MR) is 79.0 cm³/mol. The molecule has 1 amide bonds. The normalized spacial score (nSPS) is 10.0. The Bertz CT molecular complexity index is 445. The van der Waals surface area contributed by atoms with E-state index in [9.17, 15) is 9.59 Å². The molecule has 1 aromatic carbocycles. The van der Waals surface area contributed by atoms with Gasteiger partial charge in [0.25, 0.3) is 0 Å². The Morgan fingerprint density at radius 2 is 1.90 bits per heavy atom. The van der Waals surface area contributed by atoms with E-state index in [4.69, 9.17) is 4.74 Å². The van der Waals surface area contributed by atoms with Gasteiger partial charge in [0.1, 0.15) is 5.75 Å². The average molecular weight is 294 g/mol. The molecule has 0 aliphatic heterocycles. The molecular weight excluding hydrogens is 272 g/mol. The molecule has 6 heteroatoms. The van der Waals surface area contributed by atoms with Crippen LogP contribution in [0.15, 0.2) is 24.3 Å². The van der Waals surface area contributed by atoms with Crippen LogP contribution >= 0.6 is 0 Å². The molecule has 1 rings (SSSR count). The minimum absolute atomic E-state index is 0.0411. The summed E-state index contributed by atoms with van der Waals surface area (Å²) in [6.45, 7) is 1.26. The van der Waals surface area contributed by atoms with Crippen LogP contribution in [0.1, 0.15) is 18.4 Å². The summed E-state index contributed by atoms with van der Waals surface area (Å²) in [6.07, 6.45) is 0.973. The van der Waals surface area contributed by atoms with Crippen molar-refractivity contribution in [3.63, 3.8) is 0 Å². The molecule has 0 aliphatic rings. The predicted octanol–water partition coefficient (Wildman–Crippen LogP) is 0.854. The van der Waals surface area contributed by atoms with E-state index in [2.05, 4.69) is 15.4 Å². The van der Waals surface area contributed by atoms with Crippen molar-refractivity contribution in [2.45, 2.75) is 19.4 Å². The molecular formula is C15H22N2O4. The quantitative estimate of drug-likeness (QED) is 0.522. The van der Waals surface area contributed by atoms with Crippen molar-refractivity contribution in [1.29, 1.82) is 0 Å². The fourth-order valence-corrected chi connectivity index (χ4v) is 1.64. The molecule has 0 fully saturated rings. The van der Waals surface area contributed by atoms with Gasteiger partial charge < -0.3 is 20.1 Å². The van der Waals surface area contributed by atoms with E-state index >= 15 is 0 Å². The van der Waals surface area contributed by atoms with Crippen LogP contribution in [0.2, 0.25) is 0 Å². The molecule has 116 valence electrons. The number of carbonyl (C=O) groups is 2. The molecule has 2 N–H and O–H groups in total. The molecule has 21 heavy (non-hydrogen) atoms. The lowest BCUT2D eigenvalue weighted by Gasteiger charge is -2.08. The molecule has 0 radical (unpaired) electrons. The number of hydrogen-bond donors (Lipinski definition) is 2. The number of hydrogen-bond acceptors (Lipinski definition) is 5. The molecule has 6 nitrogen and oxygen atoms in total. The first-order chi connectivity index (χ1) is 10.2. The summed E-state index contributed by atoms with van der Waals surface area (Å²) in [4.78, 5) is 22.2. The monoisotopic (exact) mass is 294 g/mol. The van der Waals surface area contributed by atoms with Crippen molar-refractivity contribution < 1.29 is 19.1 Å². The standard InChI is InChI=1S/C15H22N2O4/c1-16-11-14(18)17-10-12-5-7-13(8-6-12)21-9-3-4-15(19)20-2/h5-8,16H,3-4,9-11H2,1-2H3,(H,17,18). The third kappa shape index (κ3) is 7.31. The first kappa shape index (κ1) is 17.0. The zero-order valence-corrected chi connectivity index (χ0v) is 12.5. The number of ether oxygens (including phenoxy) is 2. The number of carbonyl (C=O) groups excluding carboxylic acids is 2. The van der Waals surface area contributed by atoms with Gasteiger partial charge in [-0.1, -0.05) is 12.1 Å². The number of nitrogens with one attached hydrogen (secondary N) is 2. The van der Waals surface area contributed by atoms with Gasteiger partial charge in [0.05, 0.1) is 20.3 Å². The number of amides is 1. The Morgan fingerprint density at radius 3 is 2.52 bits per heavy atom. The fraction of sp³-hybridized carbons (Fsp3) is 0.467. The highest BCUT2D eigenvalue weighted by molar-refractivity contribution is 5.77. The Hall–Kier alpha value is -2.08. The zero-order valence-electron chi connectivity index (χ0n) is 12.5. The Balaban J connectivity index is 2.27. The second-order valence-electron chi connectivity index (χ2n) is 4.48. The third-order valence-corrected chi connectivity index (χ3v) is 2.77. The van der Waals surface area contributed by atoms with Gasteiger partial charge in [0, 0.05) is 13.0 Å². The molecule has 0 heterocycles. The van der Waals surface area contributed by atoms with E-state index in [1.807, 2.05) is 24.3 Å². The van der Waals surface area contributed by atoms with Gasteiger partial charge in [-0.3, -0.25) is 9.59 Å². The van der Waals surface area contributed by atoms with E-state index < -0.39 is 0 Å². The highest BCUT2D eigenvalue weighted by Crippen LogP contribution is 2.12. The second-order valence-corrected chi connectivity index (χ2v) is 4.48. The number of esters is 1. The van der Waals surface area contributed by atoms with Gasteiger partial charge in [-0.2, -0.15) is 0 Å². The van der Waals surface area contributed by atoms with Crippen LogP contribution in [0.3, 0.4) is 0 Å². The highest BCUT2D eigenvalue weighted by atomic mass is 16.5. The Morgan fingerprint density at radius 1 is 1.19 bits per heavy atom. The van der Waals surface area contributed by atoms with Gasteiger partial charge in [-0.15, -0.1) is 0 Å². The van der Waals surface area contributed by atoms with Crippen molar-refractivity contribution >= 4 is 11.9 Å². The summed E-state index contributed by atoms with van der Waals surface area (Å²) in [7, 11) is 3.10. The topological polar surface area (TPSA) is 76.7 Å². The van der Waals surface area contributed by atoms with E-state index in [1.165, 1.54) is 7.11 Å². The number of likely N-dealkylation sites (N-methyl/N-ethyl adjacent to an activating group) is 1. The summed E-state index contributed by atoms with van der Waals surface area (Å²) in [5.74, 6) is 0.470. The number of rotatable bonds is 9. The van der Waals surface area contributed by atoms with Crippen molar-refractivity contribution in [2.75, 3.05) is 27.3 Å². The first-order valence-electron chi connectivity index (χ1n) is 6.85. The lowest BCUT2D eigenvalue weighted by Crippen LogP contribution is -2.31. The lowest BCUT2D eigenvalue weighted by atomic mass is 10.2. The van der Waals surface area contributed by atoms with E-state index in [0.717, 1.165) is 11.3 Å². The molecule has 0 unspecified atom stereocenters. The summed E-state index contributed by atoms with van der Waals surface area (Å²) in [5, 5.41) is 5.59. The Labute approximate surface area is 124 Å². The highest BCUT2D eigenvalue weighted by Gasteiger charge is 2.02. The molecule has 0 aromatic heterocycles. The average Bonchev–Trinajstić information content (AvgIpc) is 2.50. The van der Waals surface area contributed by atoms with Crippen molar-refractivity contribution in [3.8, 4) is 5.75 Å². The smallest absolute Gasteiger partial charge is 0.305 e. The molecule has 0 saturated heterocycles. The Kier molecular flexibility index (Phi) is 7.89. The van der Waals surface area contributed by atoms with E-state index in [1.54, 1.807) is 7.05 Å². The fourth-order valence-electron chi connectivity index (χ4n) is 1.64. The van der Waals surface area contributed by atoms with Gasteiger partial charge in [0.15, 0.2) is 0 Å². The van der Waals surface area contributed by atoms with Crippen LogP contribution in [0.4, 0.5) is 0 Å². The van der Waals surface area contributed by atoms with E-state index in [-0.39, 0.29) is 11.9 Å². The maximum absolute atomic E-state index is 11.3. The van der Waals surface area contributed by atoms with Crippen molar-refractivity contribution in [3.05, 3.63) is 29.8 Å². The minimum atomic E-state index is -0.230. The summed E-state index contributed by atoms with van der Waals surface area (Å²) in [5.41, 5.74) is 1.00. The first-order valence-corrected chi connectivity index (χ1v) is 6.85. The third-order valence-electron chi connectivity index (χ3n) is 2.77. The molecule has 0 aliphatic carbocycles. The maximum atomic E-state index is 11.3. The van der Waals surface area contributed by atoms with Crippen LogP contribution in [-0.2, 0) is 20.9 Å². The second kappa shape index (κ2) is 9.77. The number of benzene rings is 1. The lowest BCUT2D eigenvalue weighted by molar-refractivity contribution is -0.140. The van der Waals surface area contributed by atoms with Crippen LogP contribution in [0.5, 0.6) is 5.75 Å². The van der Waals surface area contributed by atoms with Crippen LogP contribution < -0.4 is 15.4 Å². The zero-order chi connectivity index (χ0) is 15.5. The van der Waals surface area contributed by atoms with Gasteiger partial charge in [-0.25, -0.2) is 0 Å². The van der Waals surface area contributed by atoms with Crippen molar-refractivity contribution in [2.24, 2.45) is 0 Å². The van der Waals surface area contributed by atoms with E-state index in [0.29, 0.717) is 32.5 Å². The molecule has 0 spiro atoms.